The first-order valence-corrected chi connectivity index (χ1v) is 11.6. The van der Waals surface area contributed by atoms with Crippen LogP contribution in [0, 0.1) is 5.92 Å². The van der Waals surface area contributed by atoms with Crippen LogP contribution >= 0.6 is 27.0 Å². The largest absolute Gasteiger partial charge is 0.488 e. The van der Waals surface area contributed by atoms with Crippen molar-refractivity contribution in [3.63, 3.8) is 0 Å². The second-order valence-corrected chi connectivity index (χ2v) is 9.61. The second-order valence-electron chi connectivity index (χ2n) is 9.61. The molecule has 0 aliphatic heterocycles. The van der Waals surface area contributed by atoms with Crippen molar-refractivity contribution in [1.29, 1.82) is 0 Å². The van der Waals surface area contributed by atoms with Crippen molar-refractivity contribution in [3.8, 4) is 5.75 Å². The molecule has 0 aliphatic rings. The summed E-state index contributed by atoms with van der Waals surface area (Å²) < 4.78 is 5.94. The van der Waals surface area contributed by atoms with E-state index in [2.05, 4.69) is 105 Å². The fraction of sp³-hybridized carbons (Fsp3) is 0.379. The predicted molar refractivity (Wildman–Crippen MR) is 154 cm³/mol. The van der Waals surface area contributed by atoms with E-state index < -0.39 is 0 Å². The first kappa shape index (κ1) is 30.1. The highest BCUT2D eigenvalue weighted by atomic mass is 32.1. The van der Waals surface area contributed by atoms with Crippen molar-refractivity contribution in [1.82, 2.24) is 4.90 Å². The van der Waals surface area contributed by atoms with Crippen LogP contribution in [0.1, 0.15) is 50.4 Å². The van der Waals surface area contributed by atoms with Gasteiger partial charge in [0.25, 0.3) is 0 Å². The van der Waals surface area contributed by atoms with Crippen LogP contribution in [-0.4, -0.2) is 28.8 Å². The Hall–Kier alpha value is -1.92. The molecule has 0 amide bonds. The van der Waals surface area contributed by atoms with Crippen molar-refractivity contribution in [2.45, 2.75) is 52.3 Å². The highest BCUT2D eigenvalue weighted by molar-refractivity contribution is 7.59. The lowest BCUT2D eigenvalue weighted by Crippen LogP contribution is -2.34. The van der Waals surface area contributed by atoms with E-state index in [0.717, 1.165) is 25.3 Å². The molecule has 0 fully saturated rings. The number of rotatable bonds is 10. The zero-order chi connectivity index (χ0) is 23.0. The van der Waals surface area contributed by atoms with Crippen molar-refractivity contribution in [2.24, 2.45) is 5.92 Å². The molecule has 3 aromatic rings. The average molecular weight is 500 g/mol. The van der Waals surface area contributed by atoms with Crippen molar-refractivity contribution in [2.75, 3.05) is 13.2 Å². The lowest BCUT2D eigenvalue weighted by molar-refractivity contribution is 0.128. The van der Waals surface area contributed by atoms with Crippen LogP contribution in [0.3, 0.4) is 0 Å². The molecule has 3 nitrogen and oxygen atoms in total. The fourth-order valence-corrected chi connectivity index (χ4v) is 4.02. The van der Waals surface area contributed by atoms with Crippen LogP contribution in [0.25, 0.3) is 0 Å². The third-order valence-electron chi connectivity index (χ3n) is 5.68. The maximum atomic E-state index is 10.2. The van der Waals surface area contributed by atoms with Crippen LogP contribution in [-0.2, 0) is 13.0 Å². The average Bonchev–Trinajstić information content (AvgIpc) is 2.79. The number of aliphatic hydroxyl groups excluding tert-OH is 1. The number of nitrogens with zero attached hydrogens (tertiary/aromatic N) is 1. The van der Waals surface area contributed by atoms with Gasteiger partial charge in [-0.15, -0.1) is 0 Å². The molecule has 5 heteroatoms. The monoisotopic (exact) mass is 499 g/mol. The standard InChI is InChI=1S/C29H37NO2.2H2S/c1-23(27-13-9-6-10-14-27)30(20-25-11-7-5-8-12-25)21-26(22-31)19-24-15-17-28(18-16-24)32-29(2,3)4;;/h5-18,23,26,31H,19-22H2,1-4H3;2*1H2/t23-,26-;;/m0../s1. The predicted octanol–water partition coefficient (Wildman–Crippen LogP) is 6.50. The van der Waals surface area contributed by atoms with Crippen LogP contribution in [0.2, 0.25) is 0 Å². The maximum absolute atomic E-state index is 10.2. The smallest absolute Gasteiger partial charge is 0.120 e. The molecular formula is C29H41NO2S2. The summed E-state index contributed by atoms with van der Waals surface area (Å²) in [5.74, 6) is 1.03. The Balaban J connectivity index is 0.00000289. The third kappa shape index (κ3) is 9.75. The molecule has 186 valence electrons. The molecule has 1 N–H and O–H groups in total. The van der Waals surface area contributed by atoms with Crippen LogP contribution in [0.5, 0.6) is 5.75 Å². The summed E-state index contributed by atoms with van der Waals surface area (Å²) in [6.07, 6.45) is 0.832. The molecule has 0 spiro atoms. The van der Waals surface area contributed by atoms with Gasteiger partial charge >= 0.3 is 0 Å². The Morgan fingerprint density at radius 2 is 1.35 bits per heavy atom. The van der Waals surface area contributed by atoms with Gasteiger partial charge in [0.1, 0.15) is 11.4 Å². The molecule has 2 atom stereocenters. The molecular weight excluding hydrogens is 458 g/mol. The van der Waals surface area contributed by atoms with Crippen molar-refractivity contribution in [3.05, 3.63) is 102 Å². The minimum atomic E-state index is -0.208. The Morgan fingerprint density at radius 3 is 1.88 bits per heavy atom. The summed E-state index contributed by atoms with van der Waals surface area (Å²) in [5, 5.41) is 10.2. The molecule has 0 radical (unpaired) electrons. The van der Waals surface area contributed by atoms with Gasteiger partial charge in [-0.05, 0) is 68.9 Å². The maximum Gasteiger partial charge on any atom is 0.120 e. The van der Waals surface area contributed by atoms with Gasteiger partial charge in [0.2, 0.25) is 0 Å². The van der Waals surface area contributed by atoms with Gasteiger partial charge in [-0.25, -0.2) is 0 Å². The van der Waals surface area contributed by atoms with E-state index in [-0.39, 0.29) is 51.2 Å². The Labute approximate surface area is 220 Å². The van der Waals surface area contributed by atoms with E-state index in [4.69, 9.17) is 4.74 Å². The van der Waals surface area contributed by atoms with Crippen LogP contribution in [0.4, 0.5) is 0 Å². The summed E-state index contributed by atoms with van der Waals surface area (Å²) in [6.45, 7) is 10.2. The Kier molecular flexibility index (Phi) is 12.8. The SMILES string of the molecule is C[C@@H](c1ccccc1)N(Cc1ccccc1)C[C@@H](CO)Cc1ccc(OC(C)(C)C)cc1.S.S. The van der Waals surface area contributed by atoms with E-state index in [0.29, 0.717) is 0 Å². The summed E-state index contributed by atoms with van der Waals surface area (Å²) in [6, 6.07) is 29.7. The molecule has 0 saturated carbocycles. The topological polar surface area (TPSA) is 32.7 Å². The zero-order valence-electron chi connectivity index (χ0n) is 20.9. The number of aliphatic hydroxyl groups is 1. The quantitative estimate of drug-likeness (QED) is 0.345. The minimum absolute atomic E-state index is 0. The molecule has 3 aromatic carbocycles. The van der Waals surface area contributed by atoms with Gasteiger partial charge in [0.05, 0.1) is 0 Å². The first-order chi connectivity index (χ1) is 15.3. The summed E-state index contributed by atoms with van der Waals surface area (Å²) in [5.41, 5.74) is 3.59. The minimum Gasteiger partial charge on any atom is -0.488 e. The van der Waals surface area contributed by atoms with E-state index >= 15 is 0 Å². The molecule has 0 aromatic heterocycles. The van der Waals surface area contributed by atoms with Crippen LogP contribution < -0.4 is 4.74 Å². The Morgan fingerprint density at radius 1 is 0.794 bits per heavy atom. The van der Waals surface area contributed by atoms with Gasteiger partial charge in [0.15, 0.2) is 0 Å². The van der Waals surface area contributed by atoms with E-state index in [1.807, 2.05) is 12.1 Å². The zero-order valence-corrected chi connectivity index (χ0v) is 22.9. The van der Waals surface area contributed by atoms with Crippen LogP contribution in [0.15, 0.2) is 84.9 Å². The van der Waals surface area contributed by atoms with Gasteiger partial charge < -0.3 is 9.84 Å². The molecule has 0 bridgehead atoms. The normalized spacial score (nSPS) is 12.9. The summed E-state index contributed by atoms with van der Waals surface area (Å²) >= 11 is 0. The summed E-state index contributed by atoms with van der Waals surface area (Å²) in [7, 11) is 0. The molecule has 3 rings (SSSR count). The number of hydrogen-bond donors (Lipinski definition) is 1. The van der Waals surface area contributed by atoms with Crippen molar-refractivity contribution < 1.29 is 9.84 Å². The highest BCUT2D eigenvalue weighted by Crippen LogP contribution is 2.25. The van der Waals surface area contributed by atoms with Gasteiger partial charge in [-0.1, -0.05) is 72.8 Å². The Bertz CT molecular complexity index is 928. The first-order valence-electron chi connectivity index (χ1n) is 11.6. The number of benzene rings is 3. The van der Waals surface area contributed by atoms with Crippen molar-refractivity contribution >= 4 is 27.0 Å². The molecule has 0 saturated heterocycles. The summed E-state index contributed by atoms with van der Waals surface area (Å²) in [4.78, 5) is 2.47. The van der Waals surface area contributed by atoms with E-state index in [1.54, 1.807) is 0 Å². The van der Waals surface area contributed by atoms with Gasteiger partial charge in [0, 0.05) is 25.7 Å². The lowest BCUT2D eigenvalue weighted by Gasteiger charge is -2.32. The molecule has 0 aliphatic carbocycles. The molecule has 34 heavy (non-hydrogen) atoms. The van der Waals surface area contributed by atoms with Gasteiger partial charge in [-0.3, -0.25) is 4.90 Å². The number of ether oxygens (including phenoxy) is 1. The van der Waals surface area contributed by atoms with E-state index in [1.165, 1.54) is 16.7 Å². The number of hydrogen-bond acceptors (Lipinski definition) is 3. The second kappa shape index (κ2) is 14.5. The third-order valence-corrected chi connectivity index (χ3v) is 5.68. The fourth-order valence-electron chi connectivity index (χ4n) is 4.02. The van der Waals surface area contributed by atoms with Gasteiger partial charge in [-0.2, -0.15) is 27.0 Å². The van der Waals surface area contributed by atoms with E-state index in [9.17, 15) is 5.11 Å². The molecule has 0 unspecified atom stereocenters. The highest BCUT2D eigenvalue weighted by Gasteiger charge is 2.21. The molecule has 0 heterocycles. The lowest BCUT2D eigenvalue weighted by atomic mass is 9.97.